The molecule has 2 aromatic carbocycles. The van der Waals surface area contributed by atoms with Crippen LogP contribution in [0.3, 0.4) is 0 Å². The van der Waals surface area contributed by atoms with E-state index in [2.05, 4.69) is 21.2 Å². The Hall–Kier alpha value is -2.25. The van der Waals surface area contributed by atoms with Gasteiger partial charge >= 0.3 is 6.09 Å². The molecule has 0 aliphatic heterocycles. The summed E-state index contributed by atoms with van der Waals surface area (Å²) >= 11 is 3.34. The molecule has 0 aromatic heterocycles. The van der Waals surface area contributed by atoms with Gasteiger partial charge in [-0.05, 0) is 48.4 Å². The largest absolute Gasteiger partial charge is 0.504 e. The number of aromatic hydroxyl groups is 1. The molecule has 0 aliphatic rings. The first-order chi connectivity index (χ1) is 12.8. The van der Waals surface area contributed by atoms with Crippen molar-refractivity contribution in [3.8, 4) is 11.5 Å². The number of hydrogen-bond donors (Lipinski definition) is 3. The van der Waals surface area contributed by atoms with Gasteiger partial charge in [0.25, 0.3) is 0 Å². The Morgan fingerprint density at radius 2 is 1.89 bits per heavy atom. The van der Waals surface area contributed by atoms with Crippen molar-refractivity contribution in [2.75, 3.05) is 19.0 Å². The first-order valence-electron chi connectivity index (χ1n) is 8.48. The summed E-state index contributed by atoms with van der Waals surface area (Å²) in [5.74, 6) is 0.286. The molecule has 2 aromatic rings. The number of benzene rings is 2. The first-order valence-corrected chi connectivity index (χ1v) is 9.27. The summed E-state index contributed by atoms with van der Waals surface area (Å²) in [6.07, 6.45) is -0.892. The summed E-state index contributed by atoms with van der Waals surface area (Å²) in [6, 6.07) is 12.0. The van der Waals surface area contributed by atoms with Crippen LogP contribution in [-0.4, -0.2) is 30.0 Å². The van der Waals surface area contributed by atoms with Crippen molar-refractivity contribution < 1.29 is 24.5 Å². The summed E-state index contributed by atoms with van der Waals surface area (Å²) < 4.78 is 11.7. The second-order valence-electron chi connectivity index (χ2n) is 6.81. The van der Waals surface area contributed by atoms with Gasteiger partial charge in [0.15, 0.2) is 11.5 Å². The van der Waals surface area contributed by atoms with Crippen molar-refractivity contribution in [3.63, 3.8) is 0 Å². The average Bonchev–Trinajstić information content (AvgIpc) is 2.61. The van der Waals surface area contributed by atoms with Crippen LogP contribution in [0.25, 0.3) is 0 Å². The zero-order valence-corrected chi connectivity index (χ0v) is 17.1. The Labute approximate surface area is 167 Å². The molecule has 0 bridgehead atoms. The molecule has 2 rings (SSSR count). The number of rotatable bonds is 7. The molecule has 0 radical (unpaired) electrons. The molecule has 7 heteroatoms. The van der Waals surface area contributed by atoms with Crippen molar-refractivity contribution >= 4 is 27.7 Å². The molecule has 0 aliphatic carbocycles. The van der Waals surface area contributed by atoms with Gasteiger partial charge in [0.05, 0.1) is 7.11 Å². The summed E-state index contributed by atoms with van der Waals surface area (Å²) in [5, 5.41) is 22.2. The lowest BCUT2D eigenvalue weighted by Crippen LogP contribution is -2.29. The predicted octanol–water partition coefficient (Wildman–Crippen LogP) is 4.86. The molecule has 0 saturated heterocycles. The Morgan fingerprint density at radius 1 is 1.22 bits per heavy atom. The molecule has 3 N–H and O–H groups in total. The van der Waals surface area contributed by atoms with Gasteiger partial charge in [-0.3, -0.25) is 5.32 Å². The highest BCUT2D eigenvalue weighted by Crippen LogP contribution is 2.41. The Kier molecular flexibility index (Phi) is 7.10. The highest BCUT2D eigenvalue weighted by molar-refractivity contribution is 9.10. The predicted molar refractivity (Wildman–Crippen MR) is 107 cm³/mol. The van der Waals surface area contributed by atoms with Gasteiger partial charge in [-0.15, -0.1) is 0 Å². The number of carbonyl (C=O) groups is 1. The highest BCUT2D eigenvalue weighted by Gasteiger charge is 2.34. The van der Waals surface area contributed by atoms with E-state index < -0.39 is 17.6 Å². The molecular formula is C20H24BrNO5. The topological polar surface area (TPSA) is 88.0 Å². The number of halogens is 1. The fourth-order valence-electron chi connectivity index (χ4n) is 2.76. The van der Waals surface area contributed by atoms with Gasteiger partial charge in [0, 0.05) is 22.2 Å². The number of phenolic OH excluding ortho intramolecular Hbond substituents is 1. The van der Waals surface area contributed by atoms with E-state index in [1.54, 1.807) is 24.3 Å². The van der Waals surface area contributed by atoms with Gasteiger partial charge in [0.1, 0.15) is 6.10 Å². The maximum atomic E-state index is 12.4. The van der Waals surface area contributed by atoms with Crippen LogP contribution in [0.4, 0.5) is 10.5 Å². The van der Waals surface area contributed by atoms with Gasteiger partial charge in [0.2, 0.25) is 0 Å². The van der Waals surface area contributed by atoms with Crippen LogP contribution in [0, 0.1) is 5.41 Å². The minimum Gasteiger partial charge on any atom is -0.504 e. The molecule has 0 saturated carbocycles. The van der Waals surface area contributed by atoms with E-state index in [4.69, 9.17) is 9.47 Å². The molecule has 0 unspecified atom stereocenters. The third kappa shape index (κ3) is 5.61. The summed E-state index contributed by atoms with van der Waals surface area (Å²) in [6.45, 7) is 3.73. The second kappa shape index (κ2) is 9.10. The molecule has 146 valence electrons. The van der Waals surface area contributed by atoms with Crippen molar-refractivity contribution in [2.45, 2.75) is 26.4 Å². The first kappa shape index (κ1) is 21.1. The smallest absolute Gasteiger partial charge is 0.412 e. The Bertz CT molecular complexity index is 776. The zero-order valence-electron chi connectivity index (χ0n) is 15.5. The van der Waals surface area contributed by atoms with E-state index >= 15 is 0 Å². The van der Waals surface area contributed by atoms with Gasteiger partial charge < -0.3 is 19.7 Å². The van der Waals surface area contributed by atoms with Crippen molar-refractivity contribution in [3.05, 3.63) is 52.5 Å². The molecular weight excluding hydrogens is 414 g/mol. The minimum atomic E-state index is -0.683. The minimum absolute atomic E-state index is 0.0447. The lowest BCUT2D eigenvalue weighted by Gasteiger charge is -2.34. The molecule has 0 heterocycles. The van der Waals surface area contributed by atoms with E-state index in [1.165, 1.54) is 13.2 Å². The number of hydrogen-bond acceptors (Lipinski definition) is 5. The number of amides is 1. The van der Waals surface area contributed by atoms with Crippen LogP contribution in [0.1, 0.15) is 31.9 Å². The summed E-state index contributed by atoms with van der Waals surface area (Å²) in [4.78, 5) is 12.4. The van der Waals surface area contributed by atoms with Crippen molar-refractivity contribution in [2.24, 2.45) is 5.41 Å². The third-order valence-electron chi connectivity index (χ3n) is 4.29. The number of carbonyl (C=O) groups excluding carboxylic acids is 1. The van der Waals surface area contributed by atoms with E-state index in [0.717, 1.165) is 4.47 Å². The molecule has 0 spiro atoms. The number of ether oxygens (including phenoxy) is 2. The Morgan fingerprint density at radius 3 is 2.44 bits per heavy atom. The van der Waals surface area contributed by atoms with Crippen LogP contribution >= 0.6 is 15.9 Å². The van der Waals surface area contributed by atoms with E-state index in [1.807, 2.05) is 26.0 Å². The maximum Gasteiger partial charge on any atom is 0.412 e. The number of anilines is 1. The molecule has 27 heavy (non-hydrogen) atoms. The fourth-order valence-corrected chi connectivity index (χ4v) is 3.02. The lowest BCUT2D eigenvalue weighted by atomic mass is 9.80. The normalized spacial score (nSPS) is 12.3. The van der Waals surface area contributed by atoms with Crippen LogP contribution in [0.5, 0.6) is 11.5 Å². The van der Waals surface area contributed by atoms with Crippen LogP contribution in [-0.2, 0) is 4.74 Å². The number of aliphatic hydroxyl groups is 1. The van der Waals surface area contributed by atoms with Gasteiger partial charge in [-0.2, -0.15) is 0 Å². The van der Waals surface area contributed by atoms with Gasteiger partial charge in [-0.1, -0.05) is 35.8 Å². The van der Waals surface area contributed by atoms with Gasteiger partial charge in [-0.25, -0.2) is 4.79 Å². The molecule has 1 amide bonds. The van der Waals surface area contributed by atoms with Crippen LogP contribution < -0.4 is 10.1 Å². The van der Waals surface area contributed by atoms with E-state index in [0.29, 0.717) is 23.4 Å². The maximum absolute atomic E-state index is 12.4. The number of nitrogens with one attached hydrogen (secondary N) is 1. The van der Waals surface area contributed by atoms with E-state index in [9.17, 15) is 15.0 Å². The number of methoxy groups -OCH3 is 1. The second-order valence-corrected chi connectivity index (χ2v) is 7.73. The number of phenols is 1. The molecule has 6 nitrogen and oxygen atoms in total. The third-order valence-corrected chi connectivity index (χ3v) is 4.82. The average molecular weight is 438 g/mol. The highest BCUT2D eigenvalue weighted by atomic mass is 79.9. The molecule has 1 atom stereocenters. The standard InChI is InChI=1S/C20H24BrNO5/c1-20(2,10-11-23)18(13-4-9-17(26-3)16(24)12-13)27-19(25)22-15-7-5-14(21)6-8-15/h4-9,12,18,23-24H,10-11H2,1-3H3,(H,22,25)/t18-/m1/s1. The Balaban J connectivity index is 2.25. The molecule has 0 fully saturated rings. The van der Waals surface area contributed by atoms with Crippen LogP contribution in [0.2, 0.25) is 0 Å². The van der Waals surface area contributed by atoms with E-state index in [-0.39, 0.29) is 12.4 Å². The fraction of sp³-hybridized carbons (Fsp3) is 0.350. The monoisotopic (exact) mass is 437 g/mol. The lowest BCUT2D eigenvalue weighted by molar-refractivity contribution is 0.0151. The SMILES string of the molecule is COc1ccc([C@@H](OC(=O)Nc2ccc(Br)cc2)C(C)(C)CCO)cc1O. The quantitative estimate of drug-likeness (QED) is 0.575. The van der Waals surface area contributed by atoms with Crippen LogP contribution in [0.15, 0.2) is 46.9 Å². The summed E-state index contributed by atoms with van der Waals surface area (Å²) in [7, 11) is 1.46. The van der Waals surface area contributed by atoms with Crippen molar-refractivity contribution in [1.82, 2.24) is 0 Å². The van der Waals surface area contributed by atoms with Crippen molar-refractivity contribution in [1.29, 1.82) is 0 Å². The zero-order chi connectivity index (χ0) is 20.0. The number of aliphatic hydroxyl groups excluding tert-OH is 1. The summed E-state index contributed by atoms with van der Waals surface area (Å²) in [5.41, 5.74) is 0.643.